The fraction of sp³-hybridized carbons (Fsp3) is 0.500. The topological polar surface area (TPSA) is 65.8 Å². The molecule has 7 rings (SSSR count). The van der Waals surface area contributed by atoms with Gasteiger partial charge in [0.05, 0.1) is 17.3 Å². The molecular formula is C30H34N2O3. The lowest BCUT2D eigenvalue weighted by Crippen LogP contribution is -2.61. The van der Waals surface area contributed by atoms with Crippen LogP contribution in [0.15, 0.2) is 66.0 Å². The van der Waals surface area contributed by atoms with Crippen molar-refractivity contribution in [3.05, 3.63) is 71.6 Å². The molecule has 1 aromatic carbocycles. The van der Waals surface area contributed by atoms with Gasteiger partial charge in [0, 0.05) is 35.2 Å². The SMILES string of the molecule is CN(C)[C@H]1C[C@@]23CC[C@@]4(O2)C(=CCC2(C)C(c5ccc6ccncc6c5)=CC[C@H]24)C=C3[C@@H](O)[C@@H]1O. The molecule has 1 saturated heterocycles. The lowest BCUT2D eigenvalue weighted by atomic mass is 9.58. The molecule has 35 heavy (non-hydrogen) atoms. The summed E-state index contributed by atoms with van der Waals surface area (Å²) in [6.07, 6.45) is 13.7. The minimum absolute atomic E-state index is 0.00992. The molecule has 1 aromatic heterocycles. The first-order chi connectivity index (χ1) is 16.8. The number of ether oxygens (including phenoxy) is 1. The third-order valence-electron chi connectivity index (χ3n) is 10.0. The van der Waals surface area contributed by atoms with Crippen molar-refractivity contribution in [3.8, 4) is 0 Å². The first kappa shape index (κ1) is 21.9. The second-order valence-electron chi connectivity index (χ2n) is 11.9. The van der Waals surface area contributed by atoms with E-state index in [1.807, 2.05) is 31.4 Å². The summed E-state index contributed by atoms with van der Waals surface area (Å²) in [5, 5.41) is 24.4. The van der Waals surface area contributed by atoms with Gasteiger partial charge in [-0.2, -0.15) is 0 Å². The number of fused-ring (bicyclic) bond motifs is 2. The molecule has 0 amide bonds. The number of rotatable bonds is 2. The summed E-state index contributed by atoms with van der Waals surface area (Å²) in [4.78, 5) is 6.37. The van der Waals surface area contributed by atoms with Crippen LogP contribution in [0.25, 0.3) is 16.3 Å². The van der Waals surface area contributed by atoms with Crippen molar-refractivity contribution in [3.63, 3.8) is 0 Å². The van der Waals surface area contributed by atoms with E-state index >= 15 is 0 Å². The van der Waals surface area contributed by atoms with Gasteiger partial charge in [0.1, 0.15) is 6.10 Å². The summed E-state index contributed by atoms with van der Waals surface area (Å²) in [5.41, 5.74) is 3.99. The van der Waals surface area contributed by atoms with E-state index in [9.17, 15) is 10.2 Å². The van der Waals surface area contributed by atoms with Gasteiger partial charge in [-0.3, -0.25) is 4.98 Å². The van der Waals surface area contributed by atoms with Crippen LogP contribution in [0.1, 0.15) is 44.6 Å². The third kappa shape index (κ3) is 2.76. The summed E-state index contributed by atoms with van der Waals surface area (Å²) >= 11 is 0. The van der Waals surface area contributed by atoms with E-state index in [1.165, 1.54) is 27.5 Å². The maximum atomic E-state index is 11.1. The highest BCUT2D eigenvalue weighted by Crippen LogP contribution is 2.67. The Labute approximate surface area is 206 Å². The van der Waals surface area contributed by atoms with Crippen LogP contribution < -0.4 is 0 Å². The average Bonchev–Trinajstić information content (AvgIpc) is 3.37. The van der Waals surface area contributed by atoms with Crippen LogP contribution in [-0.2, 0) is 4.74 Å². The molecule has 1 unspecified atom stereocenters. The normalized spacial score (nSPS) is 41.7. The van der Waals surface area contributed by atoms with Gasteiger partial charge in [-0.15, -0.1) is 0 Å². The Kier molecular flexibility index (Phi) is 4.47. The van der Waals surface area contributed by atoms with E-state index in [4.69, 9.17) is 4.74 Å². The van der Waals surface area contributed by atoms with Gasteiger partial charge in [0.2, 0.25) is 0 Å². The molecule has 3 heterocycles. The van der Waals surface area contributed by atoms with Crippen molar-refractivity contribution in [2.24, 2.45) is 11.3 Å². The number of allylic oxidation sites excluding steroid dienone is 3. The van der Waals surface area contributed by atoms with Crippen LogP contribution in [0.3, 0.4) is 0 Å². The number of pyridine rings is 1. The largest absolute Gasteiger partial charge is 0.388 e. The highest BCUT2D eigenvalue weighted by molar-refractivity contribution is 5.87. The molecule has 5 nitrogen and oxygen atoms in total. The maximum absolute atomic E-state index is 11.1. The van der Waals surface area contributed by atoms with E-state index in [2.05, 4.69) is 54.4 Å². The monoisotopic (exact) mass is 470 g/mol. The van der Waals surface area contributed by atoms with Gasteiger partial charge in [0.25, 0.3) is 0 Å². The molecule has 5 heteroatoms. The van der Waals surface area contributed by atoms with Crippen molar-refractivity contribution >= 4 is 16.3 Å². The number of hydrogen-bond acceptors (Lipinski definition) is 5. The van der Waals surface area contributed by atoms with Crippen molar-refractivity contribution < 1.29 is 14.9 Å². The Hall–Kier alpha value is -2.31. The molecule has 5 aliphatic rings. The fourth-order valence-electron chi connectivity index (χ4n) is 8.20. The summed E-state index contributed by atoms with van der Waals surface area (Å²) in [5.74, 6) is 0.355. The predicted molar refractivity (Wildman–Crippen MR) is 137 cm³/mol. The van der Waals surface area contributed by atoms with Crippen LogP contribution in [0.5, 0.6) is 0 Å². The molecule has 182 valence electrons. The third-order valence-corrected chi connectivity index (χ3v) is 10.0. The van der Waals surface area contributed by atoms with E-state index in [0.29, 0.717) is 5.92 Å². The lowest BCUT2D eigenvalue weighted by molar-refractivity contribution is -0.161. The number of hydrogen-bond donors (Lipinski definition) is 2. The van der Waals surface area contributed by atoms with Gasteiger partial charge in [-0.05, 0) is 86.0 Å². The Bertz CT molecular complexity index is 1330. The summed E-state index contributed by atoms with van der Waals surface area (Å²) in [7, 11) is 3.96. The minimum atomic E-state index is -0.884. The van der Waals surface area contributed by atoms with Crippen molar-refractivity contribution in [2.75, 3.05) is 14.1 Å². The molecule has 2 fully saturated rings. The Morgan fingerprint density at radius 2 is 1.94 bits per heavy atom. The highest BCUT2D eigenvalue weighted by atomic mass is 16.5. The zero-order valence-electron chi connectivity index (χ0n) is 20.7. The first-order valence-corrected chi connectivity index (χ1v) is 13.0. The van der Waals surface area contributed by atoms with Crippen molar-refractivity contribution in [1.82, 2.24) is 9.88 Å². The zero-order valence-corrected chi connectivity index (χ0v) is 20.7. The minimum Gasteiger partial charge on any atom is -0.388 e. The summed E-state index contributed by atoms with van der Waals surface area (Å²) in [6.45, 7) is 2.42. The molecule has 1 saturated carbocycles. The highest BCUT2D eigenvalue weighted by Gasteiger charge is 2.67. The molecule has 7 atom stereocenters. The standard InChI is InChI=1S/C30H34N2O3/c1-28-10-8-21-15-23-26(33)27(34)24(32(2)3)16-29(23)11-12-30(21,35-29)25(28)7-6-22(28)19-5-4-18-9-13-31-17-20(18)14-19/h4-6,8-9,13-15,17,24-27,33-34H,7,10-12,16H2,1-3H3/t24-,25+,26+,27+,28?,29+,30+/m0/s1. The summed E-state index contributed by atoms with van der Waals surface area (Å²) in [6, 6.07) is 8.69. The number of aliphatic hydroxyl groups excluding tert-OH is 2. The van der Waals surface area contributed by atoms with Gasteiger partial charge < -0.3 is 19.8 Å². The van der Waals surface area contributed by atoms with Gasteiger partial charge >= 0.3 is 0 Å². The van der Waals surface area contributed by atoms with Crippen LogP contribution in [0.4, 0.5) is 0 Å². The Morgan fingerprint density at radius 3 is 2.77 bits per heavy atom. The van der Waals surface area contributed by atoms with Crippen molar-refractivity contribution in [1.29, 1.82) is 0 Å². The van der Waals surface area contributed by atoms with Crippen LogP contribution >= 0.6 is 0 Å². The number of aromatic nitrogens is 1. The Morgan fingerprint density at radius 1 is 1.09 bits per heavy atom. The smallest absolute Gasteiger partial charge is 0.105 e. The summed E-state index contributed by atoms with van der Waals surface area (Å²) < 4.78 is 7.24. The Balaban J connectivity index is 1.30. The molecule has 3 aliphatic carbocycles. The van der Waals surface area contributed by atoms with Gasteiger partial charge in [-0.25, -0.2) is 0 Å². The van der Waals surface area contributed by atoms with Gasteiger partial charge in [-0.1, -0.05) is 37.3 Å². The quantitative estimate of drug-likeness (QED) is 0.687. The number of nitrogens with zero attached hydrogens (tertiary/aromatic N) is 2. The van der Waals surface area contributed by atoms with E-state index in [1.54, 1.807) is 0 Å². The maximum Gasteiger partial charge on any atom is 0.105 e. The fourth-order valence-corrected chi connectivity index (χ4v) is 8.20. The number of benzene rings is 1. The predicted octanol–water partition coefficient (Wildman–Crippen LogP) is 4.26. The number of likely N-dealkylation sites (N-methyl/N-ethyl adjacent to an activating group) is 1. The van der Waals surface area contributed by atoms with Crippen LogP contribution in [0, 0.1) is 11.3 Å². The van der Waals surface area contributed by atoms with Crippen LogP contribution in [0.2, 0.25) is 0 Å². The second-order valence-corrected chi connectivity index (χ2v) is 11.9. The molecule has 0 radical (unpaired) electrons. The van der Waals surface area contributed by atoms with Gasteiger partial charge in [0.15, 0.2) is 0 Å². The zero-order chi connectivity index (χ0) is 24.2. The van der Waals surface area contributed by atoms with E-state index in [0.717, 1.165) is 37.7 Å². The molecule has 2 N–H and O–H groups in total. The van der Waals surface area contributed by atoms with E-state index in [-0.39, 0.29) is 17.1 Å². The molecular weight excluding hydrogens is 436 g/mol. The second kappa shape index (κ2) is 7.13. The van der Waals surface area contributed by atoms with Crippen molar-refractivity contribution in [2.45, 2.75) is 68.5 Å². The van der Waals surface area contributed by atoms with E-state index < -0.39 is 17.8 Å². The number of aliphatic hydroxyl groups is 2. The lowest BCUT2D eigenvalue weighted by Gasteiger charge is -2.55. The molecule has 2 spiro atoms. The van der Waals surface area contributed by atoms with Crippen LogP contribution in [-0.4, -0.2) is 63.6 Å². The average molecular weight is 471 g/mol. The molecule has 2 bridgehead atoms. The molecule has 2 aromatic rings. The molecule has 2 aliphatic heterocycles. The first-order valence-electron chi connectivity index (χ1n) is 13.0.